The third kappa shape index (κ3) is 3.50. The van der Waals surface area contributed by atoms with Gasteiger partial charge in [-0.05, 0) is 49.5 Å². The van der Waals surface area contributed by atoms with Crippen LogP contribution in [0.15, 0.2) is 28.7 Å². The van der Waals surface area contributed by atoms with Crippen molar-refractivity contribution >= 4 is 34.2 Å². The Morgan fingerprint density at radius 3 is 2.68 bits per heavy atom. The predicted molar refractivity (Wildman–Crippen MR) is 95.5 cm³/mol. The highest BCUT2D eigenvalue weighted by atomic mass is 79.9. The summed E-state index contributed by atoms with van der Waals surface area (Å²) in [5, 5.41) is 6.45. The normalized spacial score (nSPS) is 21.0. The van der Waals surface area contributed by atoms with E-state index in [2.05, 4.69) is 50.8 Å². The second-order valence-corrected chi connectivity index (χ2v) is 7.48. The number of carbonyl (C=O) groups excluding carboxylic acids is 1. The maximum atomic E-state index is 12.3. The summed E-state index contributed by atoms with van der Waals surface area (Å²) in [6, 6.07) is 8.53. The maximum absolute atomic E-state index is 12.3. The standard InChI is InChI=1S/C17H23BrN2O.ClH/c1-12(13-9-19-10-13)16(21)20-11-17(6-3-7-17)14-4-2-5-15(18)8-14;/h2,4-5,8,12-13,19H,3,6-7,9-11H2,1H3,(H,20,21);1H. The molecular formula is C17H24BrClN2O. The fourth-order valence-electron chi connectivity index (χ4n) is 3.29. The quantitative estimate of drug-likeness (QED) is 0.814. The highest BCUT2D eigenvalue weighted by Gasteiger charge is 2.39. The number of carbonyl (C=O) groups is 1. The highest BCUT2D eigenvalue weighted by molar-refractivity contribution is 9.10. The molecule has 1 saturated carbocycles. The summed E-state index contributed by atoms with van der Waals surface area (Å²) in [6.45, 7) is 4.77. The van der Waals surface area contributed by atoms with Crippen LogP contribution in [0.2, 0.25) is 0 Å². The van der Waals surface area contributed by atoms with E-state index in [0.29, 0.717) is 5.92 Å². The lowest BCUT2D eigenvalue weighted by Crippen LogP contribution is -2.52. The van der Waals surface area contributed by atoms with Gasteiger partial charge in [0.25, 0.3) is 0 Å². The van der Waals surface area contributed by atoms with Gasteiger partial charge in [0, 0.05) is 22.4 Å². The summed E-state index contributed by atoms with van der Waals surface area (Å²) in [6.07, 6.45) is 3.59. The van der Waals surface area contributed by atoms with E-state index in [4.69, 9.17) is 0 Å². The Kier molecular flexibility index (Phi) is 5.92. The Bertz CT molecular complexity index is 529. The molecule has 1 aliphatic heterocycles. The zero-order valence-corrected chi connectivity index (χ0v) is 15.3. The summed E-state index contributed by atoms with van der Waals surface area (Å²) in [7, 11) is 0. The van der Waals surface area contributed by atoms with Crippen molar-refractivity contribution in [3.63, 3.8) is 0 Å². The van der Waals surface area contributed by atoms with Crippen LogP contribution >= 0.6 is 28.3 Å². The second-order valence-electron chi connectivity index (χ2n) is 6.57. The first kappa shape index (κ1) is 17.8. The Balaban J connectivity index is 0.00000176. The van der Waals surface area contributed by atoms with Crippen LogP contribution in [0.3, 0.4) is 0 Å². The number of hydrogen-bond donors (Lipinski definition) is 2. The first-order valence-electron chi connectivity index (χ1n) is 7.85. The Morgan fingerprint density at radius 2 is 2.18 bits per heavy atom. The molecule has 0 spiro atoms. The Hall–Kier alpha value is -0.580. The van der Waals surface area contributed by atoms with Gasteiger partial charge in [-0.3, -0.25) is 4.79 Å². The van der Waals surface area contributed by atoms with Crippen LogP contribution in [0, 0.1) is 11.8 Å². The zero-order chi connectivity index (χ0) is 14.9. The van der Waals surface area contributed by atoms with E-state index in [1.54, 1.807) is 0 Å². The minimum absolute atomic E-state index is 0. The van der Waals surface area contributed by atoms with Gasteiger partial charge in [0.1, 0.15) is 0 Å². The van der Waals surface area contributed by atoms with Crippen LogP contribution in [-0.4, -0.2) is 25.5 Å². The summed E-state index contributed by atoms with van der Waals surface area (Å²) in [4.78, 5) is 12.3. The van der Waals surface area contributed by atoms with E-state index >= 15 is 0 Å². The molecular weight excluding hydrogens is 364 g/mol. The highest BCUT2D eigenvalue weighted by Crippen LogP contribution is 2.43. The SMILES string of the molecule is CC(C(=O)NCC1(c2cccc(Br)c2)CCC1)C1CNC1.Cl. The van der Waals surface area contributed by atoms with E-state index in [-0.39, 0.29) is 29.6 Å². The molecule has 1 aromatic rings. The maximum Gasteiger partial charge on any atom is 0.223 e. The van der Waals surface area contributed by atoms with Crippen LogP contribution in [0.5, 0.6) is 0 Å². The molecule has 1 unspecified atom stereocenters. The molecule has 0 bridgehead atoms. The topological polar surface area (TPSA) is 41.1 Å². The third-order valence-electron chi connectivity index (χ3n) is 5.28. The molecule has 1 aromatic carbocycles. The second kappa shape index (κ2) is 7.33. The summed E-state index contributed by atoms with van der Waals surface area (Å²) < 4.78 is 1.12. The fraction of sp³-hybridized carbons (Fsp3) is 0.588. The molecule has 0 aromatic heterocycles. The van der Waals surface area contributed by atoms with Crippen molar-refractivity contribution in [2.75, 3.05) is 19.6 Å². The summed E-state index contributed by atoms with van der Waals surface area (Å²) in [5.41, 5.74) is 1.50. The smallest absolute Gasteiger partial charge is 0.223 e. The van der Waals surface area contributed by atoms with Gasteiger partial charge >= 0.3 is 0 Å². The average Bonchev–Trinajstić information content (AvgIpc) is 2.35. The number of benzene rings is 1. The molecule has 5 heteroatoms. The molecule has 22 heavy (non-hydrogen) atoms. The largest absolute Gasteiger partial charge is 0.355 e. The van der Waals surface area contributed by atoms with Gasteiger partial charge in [-0.15, -0.1) is 12.4 Å². The van der Waals surface area contributed by atoms with Crippen molar-refractivity contribution in [1.29, 1.82) is 0 Å². The predicted octanol–water partition coefficient (Wildman–Crippen LogP) is 3.26. The van der Waals surface area contributed by atoms with E-state index < -0.39 is 0 Å². The van der Waals surface area contributed by atoms with Crippen molar-refractivity contribution in [3.8, 4) is 0 Å². The van der Waals surface area contributed by atoms with Crippen LogP contribution < -0.4 is 10.6 Å². The van der Waals surface area contributed by atoms with Gasteiger partial charge in [-0.25, -0.2) is 0 Å². The lowest BCUT2D eigenvalue weighted by Gasteiger charge is -2.43. The molecule has 2 N–H and O–H groups in total. The van der Waals surface area contributed by atoms with Gasteiger partial charge in [-0.2, -0.15) is 0 Å². The molecule has 3 rings (SSSR count). The van der Waals surface area contributed by atoms with Crippen molar-refractivity contribution in [1.82, 2.24) is 10.6 Å². The Labute approximate surface area is 147 Å². The van der Waals surface area contributed by atoms with Crippen LogP contribution in [0.4, 0.5) is 0 Å². The molecule has 1 amide bonds. The molecule has 2 fully saturated rings. The molecule has 122 valence electrons. The molecule has 3 nitrogen and oxygen atoms in total. The molecule has 0 radical (unpaired) electrons. The zero-order valence-electron chi connectivity index (χ0n) is 12.9. The number of halogens is 2. The lowest BCUT2D eigenvalue weighted by molar-refractivity contribution is -0.127. The third-order valence-corrected chi connectivity index (χ3v) is 5.78. The van der Waals surface area contributed by atoms with E-state index in [1.165, 1.54) is 24.8 Å². The lowest BCUT2D eigenvalue weighted by atomic mass is 9.64. The minimum Gasteiger partial charge on any atom is -0.355 e. The number of nitrogens with one attached hydrogen (secondary N) is 2. The fourth-order valence-corrected chi connectivity index (χ4v) is 3.68. The average molecular weight is 388 g/mol. The van der Waals surface area contributed by atoms with Gasteiger partial charge in [-0.1, -0.05) is 41.4 Å². The molecule has 1 heterocycles. The van der Waals surface area contributed by atoms with Crippen molar-refractivity contribution in [2.24, 2.45) is 11.8 Å². The van der Waals surface area contributed by atoms with Gasteiger partial charge < -0.3 is 10.6 Å². The van der Waals surface area contributed by atoms with E-state index in [0.717, 1.165) is 24.1 Å². The summed E-state index contributed by atoms with van der Waals surface area (Å²) in [5.74, 6) is 0.835. The number of amides is 1. The molecule has 1 atom stereocenters. The number of rotatable bonds is 5. The van der Waals surface area contributed by atoms with Crippen molar-refractivity contribution < 1.29 is 4.79 Å². The number of hydrogen-bond acceptors (Lipinski definition) is 2. The summed E-state index contributed by atoms with van der Waals surface area (Å²) >= 11 is 3.55. The van der Waals surface area contributed by atoms with Crippen molar-refractivity contribution in [3.05, 3.63) is 34.3 Å². The molecule has 2 aliphatic rings. The first-order valence-corrected chi connectivity index (χ1v) is 8.64. The van der Waals surface area contributed by atoms with E-state index in [1.807, 2.05) is 6.92 Å². The van der Waals surface area contributed by atoms with E-state index in [9.17, 15) is 4.79 Å². The minimum atomic E-state index is 0. The Morgan fingerprint density at radius 1 is 1.45 bits per heavy atom. The van der Waals surface area contributed by atoms with Crippen LogP contribution in [0.1, 0.15) is 31.7 Å². The van der Waals surface area contributed by atoms with Crippen LogP contribution in [-0.2, 0) is 10.2 Å². The van der Waals surface area contributed by atoms with Crippen molar-refractivity contribution in [2.45, 2.75) is 31.6 Å². The van der Waals surface area contributed by atoms with Crippen LogP contribution in [0.25, 0.3) is 0 Å². The van der Waals surface area contributed by atoms with Gasteiger partial charge in [0.2, 0.25) is 5.91 Å². The molecule has 1 aliphatic carbocycles. The first-order chi connectivity index (χ1) is 10.1. The monoisotopic (exact) mass is 386 g/mol. The van der Waals surface area contributed by atoms with Gasteiger partial charge in [0.05, 0.1) is 0 Å². The van der Waals surface area contributed by atoms with Gasteiger partial charge in [0.15, 0.2) is 0 Å². The molecule has 1 saturated heterocycles.